The van der Waals surface area contributed by atoms with Crippen molar-refractivity contribution in [3.05, 3.63) is 29.3 Å². The highest BCUT2D eigenvalue weighted by Crippen LogP contribution is 2.19. The highest BCUT2D eigenvalue weighted by atomic mass is 32.1. The van der Waals surface area contributed by atoms with E-state index >= 15 is 0 Å². The molecule has 1 amide bonds. The lowest BCUT2D eigenvalue weighted by molar-refractivity contribution is 0.0923. The molecule has 0 bridgehead atoms. The quantitative estimate of drug-likeness (QED) is 0.806. The molecule has 6 heteroatoms. The molecule has 1 aromatic rings. The highest BCUT2D eigenvalue weighted by molar-refractivity contribution is 7.80. The lowest BCUT2D eigenvalue weighted by Gasteiger charge is -2.35. The predicted octanol–water partition coefficient (Wildman–Crippen LogP) is 3.81. The van der Waals surface area contributed by atoms with Crippen LogP contribution in [0.25, 0.3) is 0 Å². The van der Waals surface area contributed by atoms with Gasteiger partial charge in [0.05, 0.1) is 6.61 Å². The Morgan fingerprint density at radius 3 is 2.48 bits per heavy atom. The number of carbonyl (C=O) groups is 1. The number of aryl methyl sites for hydroxylation is 2. The second-order valence-corrected chi connectivity index (χ2v) is 6.74. The number of amides is 1. The van der Waals surface area contributed by atoms with Gasteiger partial charge < -0.3 is 19.9 Å². The first kappa shape index (κ1) is 19.5. The summed E-state index contributed by atoms with van der Waals surface area (Å²) in [5.74, 6) is 0. The normalized spacial score (nSPS) is 14.4. The number of piperazine rings is 1. The number of thiocarbonyl (C=S) groups is 1. The number of nitrogens with zero attached hydrogens (tertiary/aromatic N) is 2. The molecular weight excluding hydrogens is 334 g/mol. The van der Waals surface area contributed by atoms with Crippen molar-refractivity contribution in [3.8, 4) is 0 Å². The Morgan fingerprint density at radius 2 is 1.88 bits per heavy atom. The SMILES string of the molecule is CCCCc1ccc(NC(=S)N2CCN(C(=O)OCC)CC2)c(C)c1. The van der Waals surface area contributed by atoms with Gasteiger partial charge in [-0.2, -0.15) is 0 Å². The summed E-state index contributed by atoms with van der Waals surface area (Å²) >= 11 is 5.55. The van der Waals surface area contributed by atoms with E-state index in [4.69, 9.17) is 17.0 Å². The van der Waals surface area contributed by atoms with Crippen LogP contribution < -0.4 is 5.32 Å². The van der Waals surface area contributed by atoms with Gasteiger partial charge in [-0.3, -0.25) is 0 Å². The fourth-order valence-electron chi connectivity index (χ4n) is 2.90. The Labute approximate surface area is 156 Å². The fourth-order valence-corrected chi connectivity index (χ4v) is 3.20. The van der Waals surface area contributed by atoms with E-state index in [0.29, 0.717) is 24.8 Å². The Hall–Kier alpha value is -1.82. The van der Waals surface area contributed by atoms with E-state index in [1.54, 1.807) is 4.90 Å². The van der Waals surface area contributed by atoms with Crippen molar-refractivity contribution in [2.24, 2.45) is 0 Å². The number of unbranched alkanes of at least 4 members (excludes halogenated alkanes) is 1. The van der Waals surface area contributed by atoms with E-state index < -0.39 is 0 Å². The molecule has 25 heavy (non-hydrogen) atoms. The Balaban J connectivity index is 1.87. The van der Waals surface area contributed by atoms with Crippen molar-refractivity contribution in [1.29, 1.82) is 0 Å². The molecule has 1 aliphatic heterocycles. The van der Waals surface area contributed by atoms with Crippen LogP contribution in [-0.4, -0.2) is 53.8 Å². The van der Waals surface area contributed by atoms with Crippen molar-refractivity contribution < 1.29 is 9.53 Å². The molecular formula is C19H29N3O2S. The van der Waals surface area contributed by atoms with Crippen LogP contribution in [0.5, 0.6) is 0 Å². The first-order valence-corrected chi connectivity index (χ1v) is 9.53. The number of nitrogens with one attached hydrogen (secondary N) is 1. The van der Waals surface area contributed by atoms with Crippen LogP contribution in [0.4, 0.5) is 10.5 Å². The molecule has 0 radical (unpaired) electrons. The van der Waals surface area contributed by atoms with Crippen LogP contribution in [0.1, 0.15) is 37.8 Å². The Morgan fingerprint density at radius 1 is 1.20 bits per heavy atom. The minimum absolute atomic E-state index is 0.237. The molecule has 0 aromatic heterocycles. The lowest BCUT2D eigenvalue weighted by Crippen LogP contribution is -2.51. The smallest absolute Gasteiger partial charge is 0.409 e. The van der Waals surface area contributed by atoms with Crippen molar-refractivity contribution in [1.82, 2.24) is 9.80 Å². The zero-order valence-corrected chi connectivity index (χ0v) is 16.3. The van der Waals surface area contributed by atoms with E-state index in [-0.39, 0.29) is 6.09 Å². The highest BCUT2D eigenvalue weighted by Gasteiger charge is 2.23. The Bertz CT molecular complexity index is 598. The van der Waals surface area contributed by atoms with Crippen LogP contribution in [0, 0.1) is 6.92 Å². The van der Waals surface area contributed by atoms with Crippen LogP contribution in [-0.2, 0) is 11.2 Å². The molecule has 1 heterocycles. The number of hydrogen-bond acceptors (Lipinski definition) is 3. The van der Waals surface area contributed by atoms with Gasteiger partial charge in [0.25, 0.3) is 0 Å². The fraction of sp³-hybridized carbons (Fsp3) is 0.579. The van der Waals surface area contributed by atoms with E-state index in [2.05, 4.69) is 42.3 Å². The molecule has 0 aliphatic carbocycles. The summed E-state index contributed by atoms with van der Waals surface area (Å²) in [7, 11) is 0. The summed E-state index contributed by atoms with van der Waals surface area (Å²) in [5, 5.41) is 4.07. The van der Waals surface area contributed by atoms with Gasteiger partial charge in [-0.25, -0.2) is 4.79 Å². The molecule has 1 saturated heterocycles. The van der Waals surface area contributed by atoms with Gasteiger partial charge in [0.2, 0.25) is 0 Å². The second kappa shape index (κ2) is 9.61. The summed E-state index contributed by atoms with van der Waals surface area (Å²) in [6, 6.07) is 6.52. The minimum Gasteiger partial charge on any atom is -0.450 e. The van der Waals surface area contributed by atoms with E-state index in [0.717, 1.165) is 25.2 Å². The van der Waals surface area contributed by atoms with Gasteiger partial charge in [0.15, 0.2) is 5.11 Å². The van der Waals surface area contributed by atoms with Gasteiger partial charge in [0, 0.05) is 31.9 Å². The lowest BCUT2D eigenvalue weighted by atomic mass is 10.0. The molecule has 0 atom stereocenters. The predicted molar refractivity (Wildman–Crippen MR) is 106 cm³/mol. The molecule has 1 aliphatic rings. The van der Waals surface area contributed by atoms with E-state index in [1.165, 1.54) is 24.0 Å². The standard InChI is InChI=1S/C19H29N3O2S/c1-4-6-7-16-8-9-17(15(3)14-16)20-18(25)21-10-12-22(13-11-21)19(23)24-5-2/h8-9,14H,4-7,10-13H2,1-3H3,(H,20,25). The van der Waals surface area contributed by atoms with Gasteiger partial charge in [-0.1, -0.05) is 25.5 Å². The molecule has 1 N–H and O–H groups in total. The van der Waals surface area contributed by atoms with Crippen LogP contribution in [0.3, 0.4) is 0 Å². The maximum Gasteiger partial charge on any atom is 0.409 e. The van der Waals surface area contributed by atoms with Crippen molar-refractivity contribution in [2.45, 2.75) is 40.0 Å². The van der Waals surface area contributed by atoms with Gasteiger partial charge in [0.1, 0.15) is 0 Å². The summed E-state index contributed by atoms with van der Waals surface area (Å²) in [6.07, 6.45) is 3.31. The molecule has 0 spiro atoms. The summed E-state index contributed by atoms with van der Waals surface area (Å²) < 4.78 is 5.05. The molecule has 5 nitrogen and oxygen atoms in total. The third kappa shape index (κ3) is 5.59. The largest absolute Gasteiger partial charge is 0.450 e. The summed E-state index contributed by atoms with van der Waals surface area (Å²) in [5.41, 5.74) is 3.64. The first-order valence-electron chi connectivity index (χ1n) is 9.12. The first-order chi connectivity index (χ1) is 12.0. The number of hydrogen-bond donors (Lipinski definition) is 1. The van der Waals surface area contributed by atoms with Crippen LogP contribution >= 0.6 is 12.2 Å². The summed E-state index contributed by atoms with van der Waals surface area (Å²) in [6.45, 7) is 9.26. The average molecular weight is 364 g/mol. The number of carbonyl (C=O) groups excluding carboxylic acids is 1. The van der Waals surface area contributed by atoms with E-state index in [9.17, 15) is 4.79 Å². The second-order valence-electron chi connectivity index (χ2n) is 6.36. The van der Waals surface area contributed by atoms with Crippen LogP contribution in [0.15, 0.2) is 18.2 Å². The maximum atomic E-state index is 11.8. The van der Waals surface area contributed by atoms with Crippen LogP contribution in [0.2, 0.25) is 0 Å². The Kier molecular flexibility index (Phi) is 7.50. The number of anilines is 1. The molecule has 1 aromatic carbocycles. The van der Waals surface area contributed by atoms with Crippen molar-refractivity contribution in [2.75, 3.05) is 38.1 Å². The molecule has 0 unspecified atom stereocenters. The topological polar surface area (TPSA) is 44.8 Å². The molecule has 0 saturated carbocycles. The number of rotatable bonds is 5. The molecule has 138 valence electrons. The van der Waals surface area contributed by atoms with Crippen molar-refractivity contribution >= 4 is 29.1 Å². The summed E-state index contributed by atoms with van der Waals surface area (Å²) in [4.78, 5) is 15.6. The van der Waals surface area contributed by atoms with E-state index in [1.807, 2.05) is 6.92 Å². The van der Waals surface area contributed by atoms with Crippen molar-refractivity contribution in [3.63, 3.8) is 0 Å². The zero-order valence-electron chi connectivity index (χ0n) is 15.5. The maximum absolute atomic E-state index is 11.8. The van der Waals surface area contributed by atoms with Gasteiger partial charge in [-0.15, -0.1) is 0 Å². The van der Waals surface area contributed by atoms with Gasteiger partial charge in [-0.05, 0) is 56.1 Å². The zero-order chi connectivity index (χ0) is 18.2. The number of ether oxygens (including phenoxy) is 1. The average Bonchev–Trinajstić information content (AvgIpc) is 2.62. The minimum atomic E-state index is -0.237. The third-order valence-electron chi connectivity index (χ3n) is 4.44. The van der Waals surface area contributed by atoms with Gasteiger partial charge >= 0.3 is 6.09 Å². The molecule has 1 fully saturated rings. The molecule has 2 rings (SSSR count). The third-order valence-corrected chi connectivity index (χ3v) is 4.80. The number of benzene rings is 1. The monoisotopic (exact) mass is 363 g/mol.